The van der Waals surface area contributed by atoms with E-state index < -0.39 is 74.3 Å². The molecule has 0 saturated carbocycles. The van der Waals surface area contributed by atoms with E-state index in [0.29, 0.717) is 11.1 Å². The number of nitrogens with one attached hydrogen (secondary N) is 2. The molecule has 0 aliphatic carbocycles. The third-order valence-electron chi connectivity index (χ3n) is 14.4. The monoisotopic (exact) mass is 954 g/mol. The summed E-state index contributed by atoms with van der Waals surface area (Å²) < 4.78 is 11.8. The number of benzene rings is 2. The fraction of sp³-hybridized carbons (Fsp3) is 0.429. The van der Waals surface area contributed by atoms with Crippen molar-refractivity contribution in [3.8, 4) is 22.3 Å². The van der Waals surface area contributed by atoms with Crippen molar-refractivity contribution in [3.05, 3.63) is 118 Å². The number of unbranched alkanes of at least 4 members (excludes halogenated alkanes) is 6. The number of hydrogen-bond acceptors (Lipinski definition) is 12. The van der Waals surface area contributed by atoms with Gasteiger partial charge in [-0.05, 0) is 96.5 Å². The van der Waals surface area contributed by atoms with E-state index >= 15 is 0 Å². The van der Waals surface area contributed by atoms with Crippen LogP contribution in [-0.4, -0.2) is 123 Å². The van der Waals surface area contributed by atoms with Crippen LogP contribution in [0, 0.1) is 0 Å². The van der Waals surface area contributed by atoms with Crippen molar-refractivity contribution in [1.82, 2.24) is 19.9 Å². The van der Waals surface area contributed by atoms with Gasteiger partial charge in [-0.2, -0.15) is 0 Å². The summed E-state index contributed by atoms with van der Waals surface area (Å²) in [5, 5.41) is 83.7. The molecule has 0 unspecified atom stereocenters. The second-order valence-corrected chi connectivity index (χ2v) is 19.1. The first kappa shape index (κ1) is 49.6. The quantitative estimate of drug-likeness (QED) is 0.0431. The second kappa shape index (κ2) is 22.0. The number of nitrogens with zero attached hydrogens (tertiary/aromatic N) is 2. The molecule has 10 atom stereocenters. The van der Waals surface area contributed by atoms with Gasteiger partial charge in [0, 0.05) is 44.3 Å². The topological polar surface area (TPSA) is 238 Å². The van der Waals surface area contributed by atoms with E-state index in [1.54, 1.807) is 0 Å². The summed E-state index contributed by atoms with van der Waals surface area (Å²) in [4.78, 5) is 18.4. The predicted octanol–water partition coefficient (Wildman–Crippen LogP) is 7.27. The molecule has 5 aromatic rings. The number of aliphatic hydroxyl groups is 8. The highest BCUT2D eigenvalue weighted by Crippen LogP contribution is 2.39. The fourth-order valence-electron chi connectivity index (χ4n) is 10.3. The smallest absolute Gasteiger partial charge is 0.113 e. The summed E-state index contributed by atoms with van der Waals surface area (Å²) in [7, 11) is 0. The van der Waals surface area contributed by atoms with Crippen molar-refractivity contribution in [1.29, 1.82) is 0 Å². The zero-order valence-electron chi connectivity index (χ0n) is 39.8. The Hall–Kier alpha value is -5.36. The van der Waals surface area contributed by atoms with Gasteiger partial charge in [0.1, 0.15) is 61.0 Å². The van der Waals surface area contributed by atoms with Gasteiger partial charge in [0.25, 0.3) is 0 Å². The fourth-order valence-corrected chi connectivity index (χ4v) is 10.3. The Labute approximate surface area is 407 Å². The largest absolute Gasteiger partial charge is 0.394 e. The minimum absolute atomic E-state index is 0.509. The van der Waals surface area contributed by atoms with Crippen LogP contribution in [0.1, 0.15) is 122 Å². The lowest BCUT2D eigenvalue weighted by molar-refractivity contribution is -0.231. The minimum atomic E-state index is -1.49. The highest BCUT2D eigenvalue weighted by Gasteiger charge is 2.45. The summed E-state index contributed by atoms with van der Waals surface area (Å²) >= 11 is 0. The number of aliphatic hydroxyl groups excluding tert-OH is 8. The highest BCUT2D eigenvalue weighted by atomic mass is 16.6. The van der Waals surface area contributed by atoms with Crippen LogP contribution < -0.4 is 0 Å². The summed E-state index contributed by atoms with van der Waals surface area (Å²) in [6.45, 7) is 3.38. The zero-order valence-corrected chi connectivity index (χ0v) is 39.8. The minimum Gasteiger partial charge on any atom is -0.394 e. The molecule has 4 aliphatic rings. The van der Waals surface area contributed by atoms with E-state index in [0.717, 1.165) is 142 Å². The molecule has 14 heteroatoms. The van der Waals surface area contributed by atoms with Crippen LogP contribution in [-0.2, 0) is 22.3 Å². The van der Waals surface area contributed by atoms with Crippen LogP contribution in [0.3, 0.4) is 0 Å². The molecule has 0 radical (unpaired) electrons. The summed E-state index contributed by atoms with van der Waals surface area (Å²) in [5.74, 6) is 0. The molecule has 3 aromatic heterocycles. The van der Waals surface area contributed by atoms with Crippen molar-refractivity contribution >= 4 is 46.4 Å². The predicted molar refractivity (Wildman–Crippen MR) is 271 cm³/mol. The molecule has 10 N–H and O–H groups in total. The zero-order chi connectivity index (χ0) is 49.1. The Kier molecular flexibility index (Phi) is 15.6. The Balaban J connectivity index is 1.23. The van der Waals surface area contributed by atoms with E-state index in [1.807, 2.05) is 60.7 Å². The molecule has 14 nitrogen and oxygen atoms in total. The van der Waals surface area contributed by atoms with Crippen LogP contribution in [0.5, 0.6) is 0 Å². The number of aromatic nitrogens is 4. The number of fused-ring (bicyclic) bond motifs is 8. The Morgan fingerprint density at radius 2 is 0.814 bits per heavy atom. The lowest BCUT2D eigenvalue weighted by Gasteiger charge is -2.40. The van der Waals surface area contributed by atoms with E-state index in [4.69, 9.17) is 19.4 Å². The molecule has 0 spiro atoms. The molecular formula is C56H66N4O10. The number of aryl methyl sites for hydroxylation is 2. The van der Waals surface area contributed by atoms with Crippen LogP contribution in [0.4, 0.5) is 0 Å². The van der Waals surface area contributed by atoms with Gasteiger partial charge in [-0.25, -0.2) is 9.97 Å². The van der Waals surface area contributed by atoms with Crippen LogP contribution in [0.2, 0.25) is 0 Å². The van der Waals surface area contributed by atoms with Crippen molar-refractivity contribution in [3.63, 3.8) is 0 Å². The van der Waals surface area contributed by atoms with Crippen molar-refractivity contribution < 1.29 is 50.3 Å². The van der Waals surface area contributed by atoms with Gasteiger partial charge in [0.2, 0.25) is 0 Å². The Morgan fingerprint density at radius 3 is 1.21 bits per heavy atom. The van der Waals surface area contributed by atoms with Crippen LogP contribution in [0.25, 0.3) is 68.6 Å². The molecule has 8 bridgehead atoms. The summed E-state index contributed by atoms with van der Waals surface area (Å²) in [6, 6.07) is 23.6. The maximum Gasteiger partial charge on any atom is 0.113 e. The average molecular weight is 955 g/mol. The maximum absolute atomic E-state index is 11.0. The molecule has 2 saturated heterocycles. The van der Waals surface area contributed by atoms with E-state index in [-0.39, 0.29) is 0 Å². The standard InChI is InChI=1S/C56H66N4O10/c1-3-5-7-9-11-35-37-21-25-41(57-37)47(31-13-17-33(18-14-31)55-53(67)51(65)49(63)45(29-61)69-55)43-27-23-39(59-43)36(12-10-8-6-4-2)40-24-28-44(60-40)48(42-26-22-38(35)58-42)32-15-19-34(20-16-32)56-54(68)52(66)50(64)46(30-62)70-56/h13-28,45-46,49-57,59,61-68H,3-12,29-30H2,1-2H3/t45-,46-,49+,50+,51+,52+,53-,54-,55+,56+/m1/s1. The van der Waals surface area contributed by atoms with Crippen molar-refractivity contribution in [2.45, 2.75) is 139 Å². The van der Waals surface area contributed by atoms with E-state index in [2.05, 4.69) is 60.2 Å². The van der Waals surface area contributed by atoms with Gasteiger partial charge in [-0.15, -0.1) is 0 Å². The SMILES string of the molecule is CCCCCCc1c2nc(c(-c3ccc([C@@H]4O[C@H](CO)[C@H](O)[C@H](O)[C@H]4O)cc3)c3nc(c(CCCCCC)c4ccc([nH]4)c(-c4ccc([C@@H]5O[C@H](CO)[C@H](O)[C@H](O)[C@H]5O)cc4)c4ccc1[nH]4)C=C3)C=C2. The molecule has 2 aromatic carbocycles. The number of rotatable bonds is 16. The van der Waals surface area contributed by atoms with Gasteiger partial charge in [0.05, 0.1) is 36.0 Å². The number of ether oxygens (including phenoxy) is 2. The Morgan fingerprint density at radius 1 is 0.429 bits per heavy atom. The molecule has 9 rings (SSSR count). The first-order valence-corrected chi connectivity index (χ1v) is 25.0. The Bertz CT molecular complexity index is 2720. The van der Waals surface area contributed by atoms with E-state index in [1.165, 1.54) is 0 Å². The van der Waals surface area contributed by atoms with Gasteiger partial charge >= 0.3 is 0 Å². The lowest BCUT2D eigenvalue weighted by atomic mass is 9.90. The second-order valence-electron chi connectivity index (χ2n) is 19.1. The van der Waals surface area contributed by atoms with Crippen molar-refractivity contribution in [2.24, 2.45) is 0 Å². The third-order valence-corrected chi connectivity index (χ3v) is 14.4. The number of hydrogen-bond donors (Lipinski definition) is 10. The first-order chi connectivity index (χ1) is 34.0. The van der Waals surface area contributed by atoms with E-state index in [9.17, 15) is 40.9 Å². The highest BCUT2D eigenvalue weighted by molar-refractivity contribution is 5.95. The molecule has 2 fully saturated rings. The normalized spacial score (nSPS) is 25.5. The van der Waals surface area contributed by atoms with Gasteiger partial charge in [-0.1, -0.05) is 101 Å². The summed E-state index contributed by atoms with van der Waals surface area (Å²) in [5.41, 5.74) is 13.5. The summed E-state index contributed by atoms with van der Waals surface area (Å²) in [6.07, 6.45) is 5.63. The van der Waals surface area contributed by atoms with Gasteiger partial charge in [-0.3, -0.25) is 0 Å². The number of aromatic amines is 2. The van der Waals surface area contributed by atoms with Crippen LogP contribution in [0.15, 0.2) is 72.8 Å². The third kappa shape index (κ3) is 9.95. The number of H-pyrrole nitrogens is 2. The molecule has 4 aliphatic heterocycles. The maximum atomic E-state index is 11.0. The van der Waals surface area contributed by atoms with Gasteiger partial charge in [0.15, 0.2) is 0 Å². The first-order valence-electron chi connectivity index (χ1n) is 25.0. The molecule has 0 amide bonds. The molecule has 70 heavy (non-hydrogen) atoms. The molecular weight excluding hydrogens is 889 g/mol. The van der Waals surface area contributed by atoms with Crippen LogP contribution >= 0.6 is 0 Å². The molecule has 370 valence electrons. The van der Waals surface area contributed by atoms with Gasteiger partial charge < -0.3 is 60.3 Å². The molecule has 7 heterocycles. The van der Waals surface area contributed by atoms with Crippen molar-refractivity contribution in [2.75, 3.05) is 13.2 Å². The lowest BCUT2D eigenvalue weighted by Crippen LogP contribution is -2.55. The average Bonchev–Trinajstić information content (AvgIpc) is 4.24.